The molecule has 6 aliphatic carbocycles. The van der Waals surface area contributed by atoms with E-state index in [0.29, 0.717) is 102 Å². The van der Waals surface area contributed by atoms with E-state index in [0.717, 1.165) is 147 Å². The summed E-state index contributed by atoms with van der Waals surface area (Å²) in [5, 5.41) is 63.9. The molecule has 3 atom stereocenters. The van der Waals surface area contributed by atoms with Crippen LogP contribution in [0, 0.1) is 29.6 Å². The largest absolute Gasteiger partial charge is 0.368 e. The lowest BCUT2D eigenvalue weighted by Crippen LogP contribution is -2.48. The maximum Gasteiger partial charge on any atom is 0.240 e. The summed E-state index contributed by atoms with van der Waals surface area (Å²) in [7, 11) is -7.46. The van der Waals surface area contributed by atoms with Crippen LogP contribution in [-0.2, 0) is 96.3 Å². The van der Waals surface area contributed by atoms with Gasteiger partial charge in [0, 0.05) is 65.9 Å². The maximum absolute atomic E-state index is 14.4. The highest BCUT2D eigenvalue weighted by molar-refractivity contribution is 7.90. The lowest BCUT2D eigenvalue weighted by atomic mass is 9.77. The van der Waals surface area contributed by atoms with Crippen molar-refractivity contribution in [3.8, 4) is 56.9 Å². The van der Waals surface area contributed by atoms with Crippen LogP contribution < -0.4 is 33.4 Å². The fraction of sp³-hybridized carbons (Fsp3) is 0.540. The summed E-state index contributed by atoms with van der Waals surface area (Å²) in [6.07, 6.45) is 35.4. The summed E-state index contributed by atoms with van der Waals surface area (Å²) >= 11 is 0. The van der Waals surface area contributed by atoms with Gasteiger partial charge >= 0.3 is 0 Å². The highest BCUT2D eigenvalue weighted by Gasteiger charge is 2.38. The smallest absolute Gasteiger partial charge is 0.240 e. The molecule has 45 heteroatoms. The first-order valence-corrected chi connectivity index (χ1v) is 58.0. The minimum atomic E-state index is -3.58. The first-order valence-electron chi connectivity index (χ1n) is 50.6. The fourth-order valence-corrected chi connectivity index (χ4v) is 24.6. The summed E-state index contributed by atoms with van der Waals surface area (Å²) in [5.74, 6) is 4.70. The molecule has 6 aromatic heterocycles. The summed E-state index contributed by atoms with van der Waals surface area (Å²) in [6.45, 7) is 6.65. The van der Waals surface area contributed by atoms with Crippen molar-refractivity contribution in [2.75, 3.05) is 71.2 Å². The number of rotatable bonds is 30. The van der Waals surface area contributed by atoms with E-state index < -0.39 is 61.5 Å². The number of aryl methyl sites for hydroxylation is 2. The summed E-state index contributed by atoms with van der Waals surface area (Å²) in [5.41, 5.74) is 8.83. The van der Waals surface area contributed by atoms with E-state index in [9.17, 15) is 50.9 Å². The van der Waals surface area contributed by atoms with E-state index in [1.807, 2.05) is 48.7 Å². The molecule has 0 spiro atoms. The quantitative estimate of drug-likeness (QED) is 0.0279. The van der Waals surface area contributed by atoms with Crippen LogP contribution in [0.1, 0.15) is 227 Å². The number of anilines is 2. The third-order valence-electron chi connectivity index (χ3n) is 29.4. The summed E-state index contributed by atoms with van der Waals surface area (Å²) in [6, 6.07) is 40.7. The zero-order valence-corrected chi connectivity index (χ0v) is 88.0. The summed E-state index contributed by atoms with van der Waals surface area (Å²) in [4.78, 5) is 17.5. The monoisotopic (exact) mass is 2080 g/mol. The number of hydrogen-bond acceptors (Lipinski definition) is 28. The van der Waals surface area contributed by atoms with Gasteiger partial charge in [-0.25, -0.2) is 74.5 Å². The van der Waals surface area contributed by atoms with Crippen LogP contribution in [0.4, 0.5) is 20.2 Å². The van der Waals surface area contributed by atoms with Crippen LogP contribution in [0.2, 0.25) is 0 Å². The SMILES string of the molecule is CNS(=O)(=O)c1ccc(CC2CCC(C)(F)CC2)c(-c2nnn(C)n2)c1.CNS(=O)(=O)c1ccc(CC2CCCC(C)(F)C2)c(-c2nnn(C)n2)c1.CNS(=O)(=O)c1ccc(CC2CCCCC2)c(-c2nnn(C3CC3)n2)c1.CNS(=O)(=O)c1ccc(CC2CCCCC2)c(-c2nnn(C3CCN(c4cccnc4)C3)n2)c1.CNS(=O)(=O)c1ccc(CC2CCCCC2)c(-c2nnn(C3CN(c4ccccc4)C3)n2)c1. The average molecular weight is 2090 g/mol. The number of halogens is 2. The molecule has 145 heavy (non-hydrogen) atoms. The predicted octanol–water partition coefficient (Wildman–Crippen LogP) is 13.8. The number of alkyl halides is 2. The van der Waals surface area contributed by atoms with E-state index in [2.05, 4.69) is 129 Å². The molecule has 6 saturated carbocycles. The van der Waals surface area contributed by atoms with Crippen molar-refractivity contribution in [2.45, 2.75) is 267 Å². The van der Waals surface area contributed by atoms with Crippen LogP contribution in [0.25, 0.3) is 56.9 Å². The van der Waals surface area contributed by atoms with Crippen LogP contribution >= 0.6 is 0 Å². The number of aromatic nitrogens is 21. The zero-order chi connectivity index (χ0) is 102. The fourth-order valence-electron chi connectivity index (χ4n) is 20.8. The maximum atomic E-state index is 14.4. The van der Waals surface area contributed by atoms with Gasteiger partial charge in [0.15, 0.2) is 0 Å². The molecule has 38 nitrogen and oxygen atoms in total. The highest BCUT2D eigenvalue weighted by atomic mass is 32.2. The second-order valence-corrected chi connectivity index (χ2v) is 49.6. The van der Waals surface area contributed by atoms with E-state index in [-0.39, 0.29) is 42.5 Å². The van der Waals surface area contributed by atoms with Gasteiger partial charge in [-0.3, -0.25) is 4.98 Å². The van der Waals surface area contributed by atoms with Gasteiger partial charge in [-0.05, 0) is 320 Å². The van der Waals surface area contributed by atoms with Crippen LogP contribution in [-0.4, -0.2) is 221 Å². The molecule has 6 aromatic carbocycles. The number of benzene rings is 6. The Morgan fingerprint density at radius 3 is 0.986 bits per heavy atom. The zero-order valence-electron chi connectivity index (χ0n) is 83.9. The predicted molar refractivity (Wildman–Crippen MR) is 547 cm³/mol. The molecular formula is C100H134F2N28O10S5. The average Bonchev–Trinajstić information content (AvgIpc) is 1.68. The number of para-hydroxylation sites is 1. The highest BCUT2D eigenvalue weighted by Crippen LogP contribution is 2.44. The topological polar surface area (TPSA) is 468 Å². The van der Waals surface area contributed by atoms with E-state index in [1.54, 1.807) is 121 Å². The lowest BCUT2D eigenvalue weighted by Gasteiger charge is -2.39. The van der Waals surface area contributed by atoms with Gasteiger partial charge in [0.25, 0.3) is 0 Å². The van der Waals surface area contributed by atoms with Crippen molar-refractivity contribution < 1.29 is 50.9 Å². The second kappa shape index (κ2) is 46.9. The second-order valence-electron chi connectivity index (χ2n) is 40.1. The van der Waals surface area contributed by atoms with Gasteiger partial charge < -0.3 is 9.80 Å². The van der Waals surface area contributed by atoms with E-state index >= 15 is 0 Å². The molecule has 0 bridgehead atoms. The molecule has 2 aliphatic heterocycles. The Morgan fingerprint density at radius 2 is 0.648 bits per heavy atom. The minimum Gasteiger partial charge on any atom is -0.368 e. The van der Waals surface area contributed by atoms with Crippen LogP contribution in [0.15, 0.2) is 170 Å². The Morgan fingerprint density at radius 1 is 0.324 bits per heavy atom. The van der Waals surface area contributed by atoms with Gasteiger partial charge in [0.1, 0.15) is 17.4 Å². The molecule has 12 aromatic rings. The Labute approximate surface area is 848 Å². The minimum absolute atomic E-state index is 0.104. The molecule has 778 valence electrons. The normalized spacial score (nSPS) is 20.6. The number of pyridine rings is 1. The van der Waals surface area contributed by atoms with Crippen molar-refractivity contribution in [3.63, 3.8) is 0 Å². The molecule has 0 amide bonds. The molecule has 0 radical (unpaired) electrons. The van der Waals surface area contributed by atoms with Gasteiger partial charge in [0.05, 0.1) is 62.5 Å². The molecule has 3 unspecified atom stereocenters. The van der Waals surface area contributed by atoms with Crippen LogP contribution in [0.5, 0.6) is 0 Å². The van der Waals surface area contributed by atoms with Crippen LogP contribution in [0.3, 0.4) is 0 Å². The molecule has 8 heterocycles. The third-order valence-corrected chi connectivity index (χ3v) is 36.4. The Kier molecular flexibility index (Phi) is 34.5. The van der Waals surface area contributed by atoms with Crippen molar-refractivity contribution in [1.29, 1.82) is 0 Å². The third kappa shape index (κ3) is 27.4. The number of nitrogens with one attached hydrogen (secondary N) is 5. The molecule has 5 N–H and O–H groups in total. The summed E-state index contributed by atoms with van der Waals surface area (Å²) < 4.78 is 163. The molecule has 2 saturated heterocycles. The first kappa shape index (κ1) is 107. The van der Waals surface area contributed by atoms with Gasteiger partial charge in [-0.15, -0.1) is 51.0 Å². The Bertz CT molecular complexity index is 6990. The molecule has 8 fully saturated rings. The Balaban J connectivity index is 0.000000131. The number of sulfonamides is 5. The van der Waals surface area contributed by atoms with Crippen molar-refractivity contribution in [1.82, 2.24) is 130 Å². The number of hydrogen-bond donors (Lipinski definition) is 5. The molecule has 8 aliphatic rings. The van der Waals surface area contributed by atoms with Crippen molar-refractivity contribution >= 4 is 61.5 Å². The standard InChI is InChI=1S/C24H31N7O2S.C24H30N6O2S.C18H25N5O2S.2C17H24FN5O2S/c1-25-34(32,33)22-10-9-19(14-18-6-3-2-4-7-18)23(15-22)24-27-29-31(28-24)21-11-13-30(17-21)20-8-5-12-26-16-20;1-25-33(31,32)22-13-12-19(14-18-8-4-2-5-9-18)23(15-22)24-26-28-30(27-24)21-16-29(17-21)20-10-6-3-7-11-20;1-19-26(24,25)16-10-7-14(11-13-5-3-2-4-6-13)17(12-16)18-20-22-23(21-18)15-8-9-15;1-17(18)8-6-12(7-9-17)10-13-4-5-14(26(24,25)19-2)11-15(13)16-20-22-23(3)21-16;1-17(18)8-4-5-12(11-17)9-13-6-7-14(26(24,25)19-2)10-15(13)16-20-22-23(3)21-16/h5,8-10,12,15-16,18,21,25H,2-4,6-7,11,13-14,17H2,1H3;3,6-7,10-13,15,18,21,25H,2,4-5,8-9,14,16-17H2,1H3;7,10,12-13,15,19H,2-6,8-9,11H2,1H3;4-5,11-12,19H,6-10H2,1-3H3;6-7,10,12,19H,4-5,8-9,11H2,1-3H3. The van der Waals surface area contributed by atoms with E-state index in [1.165, 1.54) is 147 Å². The Hall–Kier alpha value is -11.2. The van der Waals surface area contributed by atoms with Gasteiger partial charge in [-0.1, -0.05) is 145 Å². The van der Waals surface area contributed by atoms with Gasteiger partial charge in [0.2, 0.25) is 79.2 Å². The number of nitrogens with zero attached hydrogens (tertiary/aromatic N) is 23. The molecular weight excluding hydrogens is 1950 g/mol. The van der Waals surface area contributed by atoms with Crippen molar-refractivity contribution in [2.24, 2.45) is 43.7 Å². The lowest BCUT2D eigenvalue weighted by molar-refractivity contribution is 0.0943. The van der Waals surface area contributed by atoms with Crippen molar-refractivity contribution in [3.05, 3.63) is 174 Å². The molecule has 20 rings (SSSR count). The van der Waals surface area contributed by atoms with E-state index in [4.69, 9.17) is 5.10 Å². The number of tetrazole rings is 5. The first-order chi connectivity index (χ1) is 69.5. The van der Waals surface area contributed by atoms with Gasteiger partial charge in [-0.2, -0.15) is 24.0 Å².